The predicted octanol–water partition coefficient (Wildman–Crippen LogP) is 2.82. The summed E-state index contributed by atoms with van der Waals surface area (Å²) in [5.41, 5.74) is 2.01. The molecule has 1 aliphatic rings. The van der Waals surface area contributed by atoms with Crippen molar-refractivity contribution in [1.29, 1.82) is 5.26 Å². The number of aryl methyl sites for hydroxylation is 1. The summed E-state index contributed by atoms with van der Waals surface area (Å²) in [6.07, 6.45) is 5.41. The van der Waals surface area contributed by atoms with E-state index in [-0.39, 0.29) is 0 Å². The van der Waals surface area contributed by atoms with Crippen molar-refractivity contribution in [1.82, 2.24) is 5.32 Å². The maximum atomic E-state index is 9.36. The van der Waals surface area contributed by atoms with Crippen LogP contribution in [0.1, 0.15) is 35.3 Å². The smallest absolute Gasteiger partial charge is 0.171 e. The molecule has 108 valence electrons. The van der Waals surface area contributed by atoms with Gasteiger partial charge in [0.2, 0.25) is 0 Å². The summed E-state index contributed by atoms with van der Waals surface area (Å²) < 4.78 is 4.99. The molecule has 20 heavy (non-hydrogen) atoms. The highest BCUT2D eigenvalue weighted by atomic mass is 32.1. The molecule has 4 nitrogen and oxygen atoms in total. The van der Waals surface area contributed by atoms with Crippen molar-refractivity contribution in [2.24, 2.45) is 0 Å². The number of fused-ring (bicyclic) bond motifs is 1. The molecule has 0 spiro atoms. The second kappa shape index (κ2) is 7.58. The lowest BCUT2D eigenvalue weighted by atomic mass is 9.96. The number of thiocarbonyl (C=S) groups is 1. The molecule has 0 bridgehead atoms. The summed E-state index contributed by atoms with van der Waals surface area (Å²) in [6.45, 7) is 1.49. The summed E-state index contributed by atoms with van der Waals surface area (Å²) in [4.78, 5) is 1.34. The lowest BCUT2D eigenvalue weighted by Crippen LogP contribution is -2.29. The van der Waals surface area contributed by atoms with Gasteiger partial charge in [0.15, 0.2) is 5.11 Å². The van der Waals surface area contributed by atoms with E-state index in [4.69, 9.17) is 17.0 Å². The van der Waals surface area contributed by atoms with Crippen molar-refractivity contribution in [3.05, 3.63) is 16.0 Å². The first-order chi connectivity index (χ1) is 9.76. The van der Waals surface area contributed by atoms with Crippen LogP contribution in [0.15, 0.2) is 0 Å². The van der Waals surface area contributed by atoms with Crippen LogP contribution in [0.5, 0.6) is 0 Å². The summed E-state index contributed by atoms with van der Waals surface area (Å²) >= 11 is 6.94. The molecular weight excluding hydrogens is 290 g/mol. The Kier molecular flexibility index (Phi) is 5.77. The molecule has 0 aliphatic heterocycles. The summed E-state index contributed by atoms with van der Waals surface area (Å²) in [5.74, 6) is 0. The van der Waals surface area contributed by atoms with E-state index < -0.39 is 0 Å². The Morgan fingerprint density at radius 3 is 3.00 bits per heavy atom. The number of ether oxygens (including phenoxy) is 1. The van der Waals surface area contributed by atoms with E-state index in [0.29, 0.717) is 11.7 Å². The molecule has 6 heteroatoms. The predicted molar refractivity (Wildman–Crippen MR) is 86.4 cm³/mol. The van der Waals surface area contributed by atoms with Crippen LogP contribution in [-0.2, 0) is 17.6 Å². The number of hydrogen-bond acceptors (Lipinski definition) is 4. The Morgan fingerprint density at radius 1 is 1.45 bits per heavy atom. The Morgan fingerprint density at radius 2 is 2.25 bits per heavy atom. The van der Waals surface area contributed by atoms with Gasteiger partial charge >= 0.3 is 0 Å². The van der Waals surface area contributed by atoms with Gasteiger partial charge in [0.05, 0.1) is 5.56 Å². The average Bonchev–Trinajstić information content (AvgIpc) is 2.80. The first kappa shape index (κ1) is 15.2. The zero-order valence-corrected chi connectivity index (χ0v) is 13.3. The number of nitrogens with one attached hydrogen (secondary N) is 2. The average molecular weight is 309 g/mol. The molecule has 2 rings (SSSR count). The van der Waals surface area contributed by atoms with Gasteiger partial charge in [-0.25, -0.2) is 0 Å². The Bertz CT molecular complexity index is 519. The van der Waals surface area contributed by atoms with Crippen LogP contribution in [-0.4, -0.2) is 25.4 Å². The molecule has 0 aromatic carbocycles. The van der Waals surface area contributed by atoms with Crippen LogP contribution in [0.2, 0.25) is 0 Å². The molecule has 1 aliphatic carbocycles. The van der Waals surface area contributed by atoms with Crippen LogP contribution in [0.3, 0.4) is 0 Å². The minimum atomic E-state index is 0.580. The minimum absolute atomic E-state index is 0.580. The summed E-state index contributed by atoms with van der Waals surface area (Å²) in [7, 11) is 1.69. The highest BCUT2D eigenvalue weighted by Gasteiger charge is 2.20. The Hall–Kier alpha value is -1.16. The van der Waals surface area contributed by atoms with Gasteiger partial charge in [-0.15, -0.1) is 11.3 Å². The van der Waals surface area contributed by atoms with Crippen LogP contribution in [0, 0.1) is 11.3 Å². The van der Waals surface area contributed by atoms with Crippen molar-refractivity contribution in [3.8, 4) is 6.07 Å². The number of thiophene rings is 1. The molecule has 0 saturated heterocycles. The third kappa shape index (κ3) is 3.69. The molecule has 2 N–H and O–H groups in total. The topological polar surface area (TPSA) is 57.1 Å². The lowest BCUT2D eigenvalue weighted by Gasteiger charge is -2.10. The number of anilines is 1. The number of methoxy groups -OCH3 is 1. The van der Waals surface area contributed by atoms with E-state index in [1.807, 2.05) is 0 Å². The fourth-order valence-electron chi connectivity index (χ4n) is 2.34. The maximum absolute atomic E-state index is 9.36. The van der Waals surface area contributed by atoms with Gasteiger partial charge in [-0.2, -0.15) is 5.26 Å². The largest absolute Gasteiger partial charge is 0.385 e. The number of rotatable bonds is 5. The van der Waals surface area contributed by atoms with Gasteiger partial charge < -0.3 is 15.4 Å². The van der Waals surface area contributed by atoms with Crippen molar-refractivity contribution in [3.63, 3.8) is 0 Å². The van der Waals surface area contributed by atoms with Crippen LogP contribution in [0.25, 0.3) is 0 Å². The molecular formula is C14H19N3OS2. The normalized spacial score (nSPS) is 13.4. The van der Waals surface area contributed by atoms with Crippen molar-refractivity contribution >= 4 is 33.7 Å². The van der Waals surface area contributed by atoms with Crippen molar-refractivity contribution in [2.75, 3.05) is 25.6 Å². The molecule has 0 fully saturated rings. The van der Waals surface area contributed by atoms with E-state index in [0.717, 1.165) is 36.4 Å². The fraction of sp³-hybridized carbons (Fsp3) is 0.571. The molecule has 0 saturated carbocycles. The standard InChI is InChI=1S/C14H19N3OS2/c1-18-8-4-7-16-14(19)17-13-11(9-15)10-5-2-3-6-12(10)20-13/h2-8H2,1H3,(H2,16,17,19). The third-order valence-electron chi connectivity index (χ3n) is 3.32. The highest BCUT2D eigenvalue weighted by Crippen LogP contribution is 2.37. The van der Waals surface area contributed by atoms with E-state index in [1.54, 1.807) is 18.4 Å². The Labute approximate surface area is 129 Å². The second-order valence-electron chi connectivity index (χ2n) is 4.75. The monoisotopic (exact) mass is 309 g/mol. The van der Waals surface area contributed by atoms with Gasteiger partial charge in [0.25, 0.3) is 0 Å². The first-order valence-corrected chi connectivity index (χ1v) is 8.07. The molecule has 0 amide bonds. The second-order valence-corrected chi connectivity index (χ2v) is 6.27. The van der Waals surface area contributed by atoms with Gasteiger partial charge in [-0.05, 0) is 49.9 Å². The van der Waals surface area contributed by atoms with E-state index in [9.17, 15) is 5.26 Å². The van der Waals surface area contributed by atoms with Gasteiger partial charge in [0, 0.05) is 25.1 Å². The molecule has 0 radical (unpaired) electrons. The van der Waals surface area contributed by atoms with Crippen LogP contribution < -0.4 is 10.6 Å². The minimum Gasteiger partial charge on any atom is -0.385 e. The number of nitrogens with zero attached hydrogens (tertiary/aromatic N) is 1. The Balaban J connectivity index is 1.97. The maximum Gasteiger partial charge on any atom is 0.171 e. The van der Waals surface area contributed by atoms with Gasteiger partial charge in [-0.1, -0.05) is 0 Å². The third-order valence-corrected chi connectivity index (χ3v) is 4.77. The zero-order valence-electron chi connectivity index (χ0n) is 11.6. The van der Waals surface area contributed by atoms with E-state index in [2.05, 4.69) is 16.7 Å². The SMILES string of the molecule is COCCCNC(=S)Nc1sc2c(c1C#N)CCCC2. The first-order valence-electron chi connectivity index (χ1n) is 6.84. The molecule has 0 atom stereocenters. The number of hydrogen-bond donors (Lipinski definition) is 2. The molecule has 0 unspecified atom stereocenters. The molecule has 1 aromatic heterocycles. The van der Waals surface area contributed by atoms with E-state index >= 15 is 0 Å². The van der Waals surface area contributed by atoms with Crippen LogP contribution in [0.4, 0.5) is 5.00 Å². The van der Waals surface area contributed by atoms with Gasteiger partial charge in [-0.3, -0.25) is 0 Å². The number of nitriles is 1. The zero-order chi connectivity index (χ0) is 14.4. The molecule has 1 heterocycles. The van der Waals surface area contributed by atoms with E-state index in [1.165, 1.54) is 23.3 Å². The molecule has 1 aromatic rings. The fourth-order valence-corrected chi connectivity index (χ4v) is 3.85. The van der Waals surface area contributed by atoms with Crippen LogP contribution >= 0.6 is 23.6 Å². The lowest BCUT2D eigenvalue weighted by molar-refractivity contribution is 0.196. The highest BCUT2D eigenvalue weighted by molar-refractivity contribution is 7.80. The van der Waals surface area contributed by atoms with Crippen molar-refractivity contribution < 1.29 is 4.74 Å². The summed E-state index contributed by atoms with van der Waals surface area (Å²) in [6, 6.07) is 2.33. The van der Waals surface area contributed by atoms with Gasteiger partial charge in [0.1, 0.15) is 11.1 Å². The quantitative estimate of drug-likeness (QED) is 0.647. The van der Waals surface area contributed by atoms with Crippen molar-refractivity contribution in [2.45, 2.75) is 32.1 Å². The summed E-state index contributed by atoms with van der Waals surface area (Å²) in [5, 5.41) is 17.1.